The SMILES string of the molecule is NCC1CCCC1NCc1ccc(Cl)cc1. The van der Waals surface area contributed by atoms with Gasteiger partial charge in [0.05, 0.1) is 0 Å². The van der Waals surface area contributed by atoms with Crippen molar-refractivity contribution in [3.63, 3.8) is 0 Å². The first-order valence-electron chi connectivity index (χ1n) is 5.97. The van der Waals surface area contributed by atoms with E-state index in [2.05, 4.69) is 17.4 Å². The first-order valence-corrected chi connectivity index (χ1v) is 6.35. The van der Waals surface area contributed by atoms with Crippen LogP contribution >= 0.6 is 11.6 Å². The predicted molar refractivity (Wildman–Crippen MR) is 68.5 cm³/mol. The molecule has 1 fully saturated rings. The Balaban J connectivity index is 1.85. The number of rotatable bonds is 4. The highest BCUT2D eigenvalue weighted by Gasteiger charge is 2.25. The van der Waals surface area contributed by atoms with E-state index in [-0.39, 0.29) is 0 Å². The summed E-state index contributed by atoms with van der Waals surface area (Å²) < 4.78 is 0. The third kappa shape index (κ3) is 2.97. The van der Waals surface area contributed by atoms with E-state index in [1.807, 2.05) is 12.1 Å². The zero-order valence-corrected chi connectivity index (χ0v) is 10.2. The molecule has 0 amide bonds. The van der Waals surface area contributed by atoms with E-state index in [4.69, 9.17) is 17.3 Å². The Hall–Kier alpha value is -0.570. The molecule has 0 aliphatic heterocycles. The van der Waals surface area contributed by atoms with Gasteiger partial charge in [-0.2, -0.15) is 0 Å². The summed E-state index contributed by atoms with van der Waals surface area (Å²) in [4.78, 5) is 0. The highest BCUT2D eigenvalue weighted by atomic mass is 35.5. The van der Waals surface area contributed by atoms with Gasteiger partial charge in [0.25, 0.3) is 0 Å². The number of hydrogen-bond acceptors (Lipinski definition) is 2. The van der Waals surface area contributed by atoms with E-state index >= 15 is 0 Å². The van der Waals surface area contributed by atoms with E-state index in [0.29, 0.717) is 12.0 Å². The van der Waals surface area contributed by atoms with E-state index in [0.717, 1.165) is 18.1 Å². The van der Waals surface area contributed by atoms with Crippen molar-refractivity contribution >= 4 is 11.6 Å². The molecule has 2 rings (SSSR count). The maximum atomic E-state index is 5.85. The molecule has 1 aromatic rings. The lowest BCUT2D eigenvalue weighted by molar-refractivity contribution is 0.406. The van der Waals surface area contributed by atoms with Crippen LogP contribution in [0.15, 0.2) is 24.3 Å². The molecule has 0 aromatic heterocycles. The summed E-state index contributed by atoms with van der Waals surface area (Å²) in [5, 5.41) is 4.39. The number of hydrogen-bond donors (Lipinski definition) is 2. The molecule has 1 saturated carbocycles. The van der Waals surface area contributed by atoms with Crippen molar-refractivity contribution in [2.75, 3.05) is 6.54 Å². The van der Waals surface area contributed by atoms with E-state index < -0.39 is 0 Å². The number of benzene rings is 1. The molecule has 0 spiro atoms. The molecule has 0 bridgehead atoms. The molecular weight excluding hydrogens is 220 g/mol. The highest BCUT2D eigenvalue weighted by molar-refractivity contribution is 6.30. The summed E-state index contributed by atoms with van der Waals surface area (Å²) in [6, 6.07) is 8.62. The molecular formula is C13H19ClN2. The van der Waals surface area contributed by atoms with Crippen molar-refractivity contribution in [1.82, 2.24) is 5.32 Å². The number of halogens is 1. The lowest BCUT2D eigenvalue weighted by Crippen LogP contribution is -2.35. The molecule has 1 aromatic carbocycles. The lowest BCUT2D eigenvalue weighted by atomic mass is 10.0. The summed E-state index contributed by atoms with van der Waals surface area (Å²) in [7, 11) is 0. The molecule has 1 aliphatic carbocycles. The third-order valence-corrected chi connectivity index (χ3v) is 3.70. The van der Waals surface area contributed by atoms with Gasteiger partial charge in [-0.15, -0.1) is 0 Å². The maximum Gasteiger partial charge on any atom is 0.0406 e. The van der Waals surface area contributed by atoms with Crippen LogP contribution in [0.25, 0.3) is 0 Å². The average Bonchev–Trinajstić information content (AvgIpc) is 2.76. The van der Waals surface area contributed by atoms with Crippen LogP contribution in [0.3, 0.4) is 0 Å². The Morgan fingerprint density at radius 2 is 2.00 bits per heavy atom. The first-order chi connectivity index (χ1) is 7.79. The fourth-order valence-electron chi connectivity index (χ4n) is 2.44. The molecule has 0 heterocycles. The maximum absolute atomic E-state index is 5.85. The van der Waals surface area contributed by atoms with E-state index in [1.54, 1.807) is 0 Å². The second-order valence-electron chi connectivity index (χ2n) is 4.54. The molecule has 3 heteroatoms. The van der Waals surface area contributed by atoms with Gasteiger partial charge in [0.15, 0.2) is 0 Å². The van der Waals surface area contributed by atoms with Crippen LogP contribution in [0.4, 0.5) is 0 Å². The second kappa shape index (κ2) is 5.67. The normalized spacial score (nSPS) is 24.9. The Morgan fingerprint density at radius 1 is 1.25 bits per heavy atom. The molecule has 1 aliphatic rings. The van der Waals surface area contributed by atoms with Gasteiger partial charge in [-0.3, -0.25) is 0 Å². The molecule has 0 radical (unpaired) electrons. The van der Waals surface area contributed by atoms with Crippen LogP contribution < -0.4 is 11.1 Å². The monoisotopic (exact) mass is 238 g/mol. The standard InChI is InChI=1S/C13H19ClN2/c14-12-6-4-10(5-7-12)9-16-13-3-1-2-11(13)8-15/h4-7,11,13,16H,1-3,8-9,15H2. The Labute approximate surface area is 102 Å². The van der Waals surface area contributed by atoms with Crippen LogP contribution in [0.1, 0.15) is 24.8 Å². The fraction of sp³-hybridized carbons (Fsp3) is 0.538. The molecule has 0 saturated heterocycles. The van der Waals surface area contributed by atoms with Gasteiger partial charge in [0.2, 0.25) is 0 Å². The second-order valence-corrected chi connectivity index (χ2v) is 4.98. The van der Waals surface area contributed by atoms with E-state index in [9.17, 15) is 0 Å². The van der Waals surface area contributed by atoms with Gasteiger partial charge >= 0.3 is 0 Å². The molecule has 2 nitrogen and oxygen atoms in total. The molecule has 88 valence electrons. The number of nitrogens with one attached hydrogen (secondary N) is 1. The van der Waals surface area contributed by atoms with Gasteiger partial charge in [0, 0.05) is 17.6 Å². The topological polar surface area (TPSA) is 38.0 Å². The van der Waals surface area contributed by atoms with Gasteiger partial charge in [0.1, 0.15) is 0 Å². The van der Waals surface area contributed by atoms with Crippen molar-refractivity contribution in [3.8, 4) is 0 Å². The summed E-state index contributed by atoms with van der Waals surface area (Å²) in [5.74, 6) is 0.660. The van der Waals surface area contributed by atoms with Gasteiger partial charge in [-0.05, 0) is 43.0 Å². The number of nitrogens with two attached hydrogens (primary N) is 1. The van der Waals surface area contributed by atoms with Crippen LogP contribution in [0, 0.1) is 5.92 Å². The fourth-order valence-corrected chi connectivity index (χ4v) is 2.56. The van der Waals surface area contributed by atoms with E-state index in [1.165, 1.54) is 24.8 Å². The smallest absolute Gasteiger partial charge is 0.0406 e. The minimum absolute atomic E-state index is 0.598. The minimum atomic E-state index is 0.598. The zero-order valence-electron chi connectivity index (χ0n) is 9.45. The first kappa shape index (κ1) is 11.9. The van der Waals surface area contributed by atoms with Crippen LogP contribution in [0.5, 0.6) is 0 Å². The highest BCUT2D eigenvalue weighted by Crippen LogP contribution is 2.24. The molecule has 2 atom stereocenters. The average molecular weight is 239 g/mol. The summed E-state index contributed by atoms with van der Waals surface area (Å²) in [5.41, 5.74) is 7.04. The summed E-state index contributed by atoms with van der Waals surface area (Å²) >= 11 is 5.85. The van der Waals surface area contributed by atoms with Gasteiger partial charge < -0.3 is 11.1 Å². The van der Waals surface area contributed by atoms with Crippen molar-refractivity contribution in [3.05, 3.63) is 34.9 Å². The van der Waals surface area contributed by atoms with Crippen molar-refractivity contribution in [2.24, 2.45) is 11.7 Å². The molecule has 2 unspecified atom stereocenters. The minimum Gasteiger partial charge on any atom is -0.330 e. The largest absolute Gasteiger partial charge is 0.330 e. The van der Waals surface area contributed by atoms with Gasteiger partial charge in [-0.25, -0.2) is 0 Å². The Kier molecular flexibility index (Phi) is 4.22. The third-order valence-electron chi connectivity index (χ3n) is 3.44. The van der Waals surface area contributed by atoms with Crippen LogP contribution in [0.2, 0.25) is 5.02 Å². The van der Waals surface area contributed by atoms with Crippen LogP contribution in [-0.4, -0.2) is 12.6 Å². The van der Waals surface area contributed by atoms with Crippen LogP contribution in [-0.2, 0) is 6.54 Å². The Morgan fingerprint density at radius 3 is 2.69 bits per heavy atom. The Bertz CT molecular complexity index is 323. The van der Waals surface area contributed by atoms with Crippen molar-refractivity contribution < 1.29 is 0 Å². The van der Waals surface area contributed by atoms with Crippen molar-refractivity contribution in [2.45, 2.75) is 31.8 Å². The quantitative estimate of drug-likeness (QED) is 0.846. The zero-order chi connectivity index (χ0) is 11.4. The summed E-state index contributed by atoms with van der Waals surface area (Å²) in [6.45, 7) is 1.72. The molecule has 16 heavy (non-hydrogen) atoms. The molecule has 3 N–H and O–H groups in total. The van der Waals surface area contributed by atoms with Gasteiger partial charge in [-0.1, -0.05) is 30.2 Å². The van der Waals surface area contributed by atoms with Crippen molar-refractivity contribution in [1.29, 1.82) is 0 Å². The lowest BCUT2D eigenvalue weighted by Gasteiger charge is -2.19. The summed E-state index contributed by atoms with van der Waals surface area (Å²) in [6.07, 6.45) is 3.84. The predicted octanol–water partition coefficient (Wildman–Crippen LogP) is 2.56.